The Kier molecular flexibility index (Phi) is 6.33. The van der Waals surface area contributed by atoms with Crippen molar-refractivity contribution in [2.75, 3.05) is 5.73 Å². The third-order valence-corrected chi connectivity index (χ3v) is 6.63. The SMILES string of the molecule is Cc1nn(-c2cc(N)[nH]c3c(ccn2)c(-c2ccc(C#N)cc2)nn3CCC2CC2)c(C(F)F)c1Cl. The number of alkyl halides is 2. The minimum absolute atomic E-state index is 0.0871. The molecule has 1 saturated carbocycles. The van der Waals surface area contributed by atoms with Gasteiger partial charge in [0.1, 0.15) is 22.9 Å². The molecule has 4 aromatic rings. The summed E-state index contributed by atoms with van der Waals surface area (Å²) in [5, 5.41) is 18.8. The Morgan fingerprint density at radius 1 is 1.22 bits per heavy atom. The number of hydrogen-bond donors (Lipinski definition) is 2. The molecule has 0 spiro atoms. The van der Waals surface area contributed by atoms with Gasteiger partial charge < -0.3 is 10.7 Å². The van der Waals surface area contributed by atoms with Crippen LogP contribution in [-0.2, 0) is 6.54 Å². The standard InChI is InChI=1S/C25H23ClF2N8/c1-14-21(26)23(24(27)28)36(33-14)20-12-19(30)32-25-18(8-10-31-20)22(17-6-4-16(13-29)5-7-17)34-35(25)11-9-15-2-3-15/h4-8,10,12,15,24,32H,2-3,9,11,30H2,1H3. The Morgan fingerprint density at radius 3 is 2.64 bits per heavy atom. The van der Waals surface area contributed by atoms with Gasteiger partial charge in [-0.15, -0.1) is 0 Å². The molecular formula is C25H23ClF2N8. The van der Waals surface area contributed by atoms with Gasteiger partial charge in [0.15, 0.2) is 5.82 Å². The van der Waals surface area contributed by atoms with E-state index in [1.165, 1.54) is 25.1 Å². The third-order valence-electron chi connectivity index (χ3n) is 6.16. The number of anilines is 1. The summed E-state index contributed by atoms with van der Waals surface area (Å²) in [5.41, 5.74) is 8.85. The summed E-state index contributed by atoms with van der Waals surface area (Å²) in [7, 11) is 0. The highest BCUT2D eigenvalue weighted by molar-refractivity contribution is 6.31. The molecule has 0 unspecified atom stereocenters. The maximum Gasteiger partial charge on any atom is 0.282 e. The second-order valence-corrected chi connectivity index (χ2v) is 9.16. The third kappa shape index (κ3) is 4.62. The first-order valence-electron chi connectivity index (χ1n) is 11.5. The van der Waals surface area contributed by atoms with E-state index >= 15 is 0 Å². The van der Waals surface area contributed by atoms with Gasteiger partial charge in [-0.1, -0.05) is 36.6 Å². The molecule has 184 valence electrons. The Morgan fingerprint density at radius 2 is 1.97 bits per heavy atom. The predicted octanol–water partition coefficient (Wildman–Crippen LogP) is 5.89. The first-order valence-corrected chi connectivity index (χ1v) is 11.9. The molecule has 8 nitrogen and oxygen atoms in total. The van der Waals surface area contributed by atoms with E-state index < -0.39 is 12.1 Å². The molecule has 1 aromatic carbocycles. The first-order chi connectivity index (χ1) is 17.4. The number of nitrogens with two attached hydrogens (primary N) is 1. The lowest BCUT2D eigenvalue weighted by Crippen LogP contribution is -2.05. The zero-order valence-corrected chi connectivity index (χ0v) is 20.2. The summed E-state index contributed by atoms with van der Waals surface area (Å²) >= 11 is 6.09. The molecule has 1 fully saturated rings. The lowest BCUT2D eigenvalue weighted by atomic mass is 10.1. The Bertz CT molecular complexity index is 1520. The Hall–Kier alpha value is -3.97. The molecule has 1 aliphatic carbocycles. The molecule has 3 N–H and O–H groups in total. The van der Waals surface area contributed by atoms with Gasteiger partial charge in [-0.3, -0.25) is 0 Å². The molecule has 5 rings (SSSR count). The van der Waals surface area contributed by atoms with Gasteiger partial charge in [-0.05, 0) is 37.5 Å². The van der Waals surface area contributed by atoms with Crippen LogP contribution < -0.4 is 5.73 Å². The van der Waals surface area contributed by atoms with E-state index in [0.29, 0.717) is 29.4 Å². The summed E-state index contributed by atoms with van der Waals surface area (Å²) in [6, 6.07) is 12.5. The van der Waals surface area contributed by atoms with Gasteiger partial charge in [0.25, 0.3) is 6.43 Å². The van der Waals surface area contributed by atoms with E-state index in [0.717, 1.165) is 22.1 Å². The minimum atomic E-state index is -2.85. The van der Waals surface area contributed by atoms with Crippen LogP contribution in [-0.4, -0.2) is 29.5 Å². The summed E-state index contributed by atoms with van der Waals surface area (Å²) in [4.78, 5) is 7.57. The molecule has 1 aliphatic rings. The number of nitrogens with one attached hydrogen (secondary N) is 1. The van der Waals surface area contributed by atoms with E-state index in [-0.39, 0.29) is 22.4 Å². The van der Waals surface area contributed by atoms with Crippen molar-refractivity contribution < 1.29 is 8.78 Å². The minimum Gasteiger partial charge on any atom is -0.385 e. The van der Waals surface area contributed by atoms with E-state index in [9.17, 15) is 8.78 Å². The van der Waals surface area contributed by atoms with Crippen LogP contribution in [0.15, 0.2) is 42.6 Å². The van der Waals surface area contributed by atoms with Crippen molar-refractivity contribution in [3.63, 3.8) is 0 Å². The van der Waals surface area contributed by atoms with Crippen molar-refractivity contribution in [3.8, 4) is 23.1 Å². The number of H-pyrrole nitrogens is 1. The quantitative estimate of drug-likeness (QED) is 0.337. The van der Waals surface area contributed by atoms with Crippen LogP contribution in [0, 0.1) is 24.2 Å². The van der Waals surface area contributed by atoms with E-state index in [1.54, 1.807) is 25.1 Å². The number of rotatable bonds is 6. The Balaban J connectivity index is 1.71. The van der Waals surface area contributed by atoms with Crippen molar-refractivity contribution >= 4 is 28.5 Å². The van der Waals surface area contributed by atoms with Crippen molar-refractivity contribution in [1.82, 2.24) is 29.5 Å². The number of nitrogens with zero attached hydrogens (tertiary/aromatic N) is 6. The van der Waals surface area contributed by atoms with E-state index in [4.69, 9.17) is 27.7 Å². The highest BCUT2D eigenvalue weighted by atomic mass is 35.5. The second kappa shape index (κ2) is 9.59. The number of nitriles is 1. The molecule has 36 heavy (non-hydrogen) atoms. The molecule has 0 atom stereocenters. The number of aromatic amines is 1. The van der Waals surface area contributed by atoms with Crippen molar-refractivity contribution in [3.05, 3.63) is 64.6 Å². The largest absolute Gasteiger partial charge is 0.385 e. The zero-order valence-electron chi connectivity index (χ0n) is 19.4. The summed E-state index contributed by atoms with van der Waals surface area (Å²) in [6.45, 7) is 2.24. The topological polar surface area (TPSA) is 114 Å². The maximum absolute atomic E-state index is 13.8. The molecule has 3 heterocycles. The molecule has 3 aromatic heterocycles. The molecule has 0 saturated heterocycles. The molecule has 0 amide bonds. The highest BCUT2D eigenvalue weighted by Crippen LogP contribution is 2.34. The van der Waals surface area contributed by atoms with Crippen molar-refractivity contribution in [2.24, 2.45) is 5.92 Å². The predicted molar refractivity (Wildman–Crippen MR) is 133 cm³/mol. The fraction of sp³-hybridized carbons (Fsp3) is 0.280. The van der Waals surface area contributed by atoms with Gasteiger partial charge >= 0.3 is 0 Å². The zero-order chi connectivity index (χ0) is 25.4. The lowest BCUT2D eigenvalue weighted by Gasteiger charge is -2.05. The fourth-order valence-corrected chi connectivity index (χ4v) is 4.30. The van der Waals surface area contributed by atoms with Crippen LogP contribution in [0.4, 0.5) is 14.6 Å². The average Bonchev–Trinajstić information content (AvgIpc) is 3.54. The average molecular weight is 509 g/mol. The molecule has 0 radical (unpaired) electrons. The summed E-state index contributed by atoms with van der Waals surface area (Å²) < 4.78 is 30.4. The molecule has 11 heteroatoms. The van der Waals surface area contributed by atoms with E-state index in [1.807, 2.05) is 16.8 Å². The van der Waals surface area contributed by atoms with Gasteiger partial charge in [0.05, 0.1) is 22.3 Å². The molecular weight excluding hydrogens is 486 g/mol. The maximum atomic E-state index is 13.8. The van der Waals surface area contributed by atoms with Crippen LogP contribution >= 0.6 is 11.6 Å². The van der Waals surface area contributed by atoms with Crippen LogP contribution in [0.1, 0.15) is 42.6 Å². The van der Waals surface area contributed by atoms with Gasteiger partial charge in [-0.25, -0.2) is 23.1 Å². The van der Waals surface area contributed by atoms with Crippen LogP contribution in [0.25, 0.3) is 28.1 Å². The fourth-order valence-electron chi connectivity index (χ4n) is 4.10. The Labute approximate surface area is 210 Å². The second-order valence-electron chi connectivity index (χ2n) is 8.78. The monoisotopic (exact) mass is 508 g/mol. The number of benzene rings is 1. The van der Waals surface area contributed by atoms with Gasteiger partial charge in [0, 0.05) is 29.8 Å². The summed E-state index contributed by atoms with van der Waals surface area (Å²) in [5.74, 6) is 0.963. The number of halogens is 3. The number of hydrogen-bond acceptors (Lipinski definition) is 5. The van der Waals surface area contributed by atoms with Crippen LogP contribution in [0.3, 0.4) is 0 Å². The van der Waals surface area contributed by atoms with Crippen molar-refractivity contribution in [1.29, 1.82) is 5.26 Å². The number of fused-ring (bicyclic) bond motifs is 1. The van der Waals surface area contributed by atoms with Crippen LogP contribution in [0.5, 0.6) is 0 Å². The molecule has 0 bridgehead atoms. The van der Waals surface area contributed by atoms with E-state index in [2.05, 4.69) is 21.1 Å². The summed E-state index contributed by atoms with van der Waals surface area (Å²) in [6.07, 6.45) is 2.08. The van der Waals surface area contributed by atoms with Crippen LogP contribution in [0.2, 0.25) is 5.02 Å². The lowest BCUT2D eigenvalue weighted by molar-refractivity contribution is 0.142. The van der Waals surface area contributed by atoms with Gasteiger partial charge in [-0.2, -0.15) is 15.5 Å². The van der Waals surface area contributed by atoms with Crippen molar-refractivity contribution in [2.45, 2.75) is 39.2 Å². The first kappa shape index (κ1) is 23.8. The number of nitrogen functional groups attached to an aromatic ring is 1. The smallest absolute Gasteiger partial charge is 0.282 e. The van der Waals surface area contributed by atoms with Gasteiger partial charge in [0.2, 0.25) is 0 Å². The number of aryl methyl sites for hydroxylation is 2. The molecule has 0 aliphatic heterocycles. The number of aromatic nitrogens is 6. The normalized spacial score (nSPS) is 13.2. The highest BCUT2D eigenvalue weighted by Gasteiger charge is 2.24.